The molecule has 1 fully saturated rings. The van der Waals surface area contributed by atoms with E-state index in [1.807, 2.05) is 31.2 Å². The summed E-state index contributed by atoms with van der Waals surface area (Å²) in [6.45, 7) is 1.97. The highest BCUT2D eigenvalue weighted by atomic mass is 32.2. The second-order valence-corrected chi connectivity index (χ2v) is 7.78. The van der Waals surface area contributed by atoms with Crippen molar-refractivity contribution in [3.8, 4) is 5.75 Å². The predicted molar refractivity (Wildman–Crippen MR) is 81.2 cm³/mol. The Morgan fingerprint density at radius 1 is 1.48 bits per heavy atom. The number of carbonyl (C=O) groups is 1. The largest absolute Gasteiger partial charge is 0.497 e. The second kappa shape index (κ2) is 6.47. The topological polar surface area (TPSA) is 72.5 Å². The van der Waals surface area contributed by atoms with Gasteiger partial charge in [-0.2, -0.15) is 0 Å². The van der Waals surface area contributed by atoms with Gasteiger partial charge in [-0.05, 0) is 30.0 Å². The molecule has 5 nitrogen and oxygen atoms in total. The maximum Gasteiger partial charge on any atom is 0.220 e. The Kier molecular flexibility index (Phi) is 4.88. The quantitative estimate of drug-likeness (QED) is 0.894. The summed E-state index contributed by atoms with van der Waals surface area (Å²) in [6.07, 6.45) is 0.853. The maximum absolute atomic E-state index is 12.0. The Bertz CT molecular complexity index is 612. The van der Waals surface area contributed by atoms with Gasteiger partial charge in [-0.25, -0.2) is 8.42 Å². The van der Waals surface area contributed by atoms with Crippen molar-refractivity contribution in [2.75, 3.05) is 18.6 Å². The van der Waals surface area contributed by atoms with Gasteiger partial charge >= 0.3 is 0 Å². The van der Waals surface area contributed by atoms with E-state index in [9.17, 15) is 13.2 Å². The van der Waals surface area contributed by atoms with E-state index in [0.717, 1.165) is 11.3 Å². The molecule has 2 unspecified atom stereocenters. The Morgan fingerprint density at radius 3 is 2.86 bits per heavy atom. The number of benzene rings is 1. The molecule has 0 spiro atoms. The van der Waals surface area contributed by atoms with Crippen LogP contribution in [0.4, 0.5) is 0 Å². The normalized spacial score (nSPS) is 21.7. The molecular formula is C15H21NO4S. The Hall–Kier alpha value is -1.56. The molecule has 0 radical (unpaired) electrons. The molecule has 0 aliphatic carbocycles. The molecule has 0 bridgehead atoms. The van der Waals surface area contributed by atoms with Gasteiger partial charge in [0.05, 0.1) is 18.6 Å². The summed E-state index contributed by atoms with van der Waals surface area (Å²) in [5.74, 6) is 0.947. The maximum atomic E-state index is 12.0. The van der Waals surface area contributed by atoms with E-state index >= 15 is 0 Å². The molecule has 0 aromatic heterocycles. The molecule has 1 saturated heterocycles. The molecule has 1 aromatic rings. The van der Waals surface area contributed by atoms with Crippen LogP contribution in [0.2, 0.25) is 0 Å². The molecule has 1 aromatic carbocycles. The summed E-state index contributed by atoms with van der Waals surface area (Å²) in [6, 6.07) is 7.39. The Labute approximate surface area is 125 Å². The fraction of sp³-hybridized carbons (Fsp3) is 0.533. The van der Waals surface area contributed by atoms with Crippen LogP contribution in [0.15, 0.2) is 24.3 Å². The first kappa shape index (κ1) is 15.8. The molecular weight excluding hydrogens is 290 g/mol. The van der Waals surface area contributed by atoms with Crippen molar-refractivity contribution >= 4 is 15.7 Å². The summed E-state index contributed by atoms with van der Waals surface area (Å²) >= 11 is 0. The van der Waals surface area contributed by atoms with Gasteiger partial charge in [0.15, 0.2) is 9.84 Å². The van der Waals surface area contributed by atoms with E-state index < -0.39 is 9.84 Å². The zero-order valence-electron chi connectivity index (χ0n) is 12.3. The highest BCUT2D eigenvalue weighted by Gasteiger charge is 2.29. The number of ether oxygens (including phenoxy) is 1. The monoisotopic (exact) mass is 311 g/mol. The molecule has 0 saturated carbocycles. The van der Waals surface area contributed by atoms with Gasteiger partial charge in [-0.15, -0.1) is 0 Å². The Morgan fingerprint density at radius 2 is 2.24 bits per heavy atom. The molecule has 6 heteroatoms. The average Bonchev–Trinajstić information content (AvgIpc) is 2.77. The fourth-order valence-electron chi connectivity index (χ4n) is 2.54. The van der Waals surface area contributed by atoms with Crippen LogP contribution < -0.4 is 10.1 Å². The SMILES string of the molecule is COc1cccc(C(C)CC(=O)NC2CCS(=O)(=O)C2)c1. The van der Waals surface area contributed by atoms with Gasteiger partial charge in [0.2, 0.25) is 5.91 Å². The molecule has 1 amide bonds. The number of hydrogen-bond donors (Lipinski definition) is 1. The highest BCUT2D eigenvalue weighted by Crippen LogP contribution is 2.23. The zero-order valence-corrected chi connectivity index (χ0v) is 13.2. The smallest absolute Gasteiger partial charge is 0.220 e. The Balaban J connectivity index is 1.90. The van der Waals surface area contributed by atoms with Crippen molar-refractivity contribution in [3.05, 3.63) is 29.8 Å². The van der Waals surface area contributed by atoms with Gasteiger partial charge in [0.25, 0.3) is 0 Å². The van der Waals surface area contributed by atoms with E-state index in [-0.39, 0.29) is 29.4 Å². The van der Waals surface area contributed by atoms with E-state index in [4.69, 9.17) is 4.74 Å². The lowest BCUT2D eigenvalue weighted by atomic mass is 9.97. The third-order valence-corrected chi connectivity index (χ3v) is 5.52. The second-order valence-electron chi connectivity index (χ2n) is 5.55. The summed E-state index contributed by atoms with van der Waals surface area (Å²) in [4.78, 5) is 12.0. The number of rotatable bonds is 5. The van der Waals surface area contributed by atoms with Gasteiger partial charge in [0, 0.05) is 12.5 Å². The van der Waals surface area contributed by atoms with E-state index in [0.29, 0.717) is 12.8 Å². The minimum Gasteiger partial charge on any atom is -0.497 e. The zero-order chi connectivity index (χ0) is 15.5. The van der Waals surface area contributed by atoms with Crippen molar-refractivity contribution in [1.29, 1.82) is 0 Å². The summed E-state index contributed by atoms with van der Waals surface area (Å²) in [5.41, 5.74) is 1.03. The van der Waals surface area contributed by atoms with Gasteiger partial charge in [0.1, 0.15) is 5.75 Å². The van der Waals surface area contributed by atoms with Crippen LogP contribution in [0.1, 0.15) is 31.2 Å². The van der Waals surface area contributed by atoms with Crippen LogP contribution in [0.25, 0.3) is 0 Å². The van der Waals surface area contributed by atoms with Crippen LogP contribution in [0.3, 0.4) is 0 Å². The minimum absolute atomic E-state index is 0.0538. The van der Waals surface area contributed by atoms with Gasteiger partial charge in [-0.1, -0.05) is 19.1 Å². The first-order valence-electron chi connectivity index (χ1n) is 7.03. The van der Waals surface area contributed by atoms with E-state index in [1.54, 1.807) is 7.11 Å². The fourth-order valence-corrected chi connectivity index (χ4v) is 4.21. The van der Waals surface area contributed by atoms with Crippen molar-refractivity contribution < 1.29 is 17.9 Å². The molecule has 21 heavy (non-hydrogen) atoms. The lowest BCUT2D eigenvalue weighted by Crippen LogP contribution is -2.36. The van der Waals surface area contributed by atoms with Crippen molar-refractivity contribution in [1.82, 2.24) is 5.32 Å². The van der Waals surface area contributed by atoms with Crippen LogP contribution in [-0.2, 0) is 14.6 Å². The van der Waals surface area contributed by atoms with Crippen molar-refractivity contribution in [3.63, 3.8) is 0 Å². The number of hydrogen-bond acceptors (Lipinski definition) is 4. The summed E-state index contributed by atoms with van der Waals surface area (Å²) in [5, 5.41) is 2.81. The molecule has 116 valence electrons. The van der Waals surface area contributed by atoms with Crippen LogP contribution in [-0.4, -0.2) is 39.0 Å². The molecule has 2 rings (SSSR count). The first-order chi connectivity index (χ1) is 9.89. The third-order valence-electron chi connectivity index (χ3n) is 3.75. The summed E-state index contributed by atoms with van der Waals surface area (Å²) < 4.78 is 27.9. The van der Waals surface area contributed by atoms with Crippen molar-refractivity contribution in [2.45, 2.75) is 31.7 Å². The first-order valence-corrected chi connectivity index (χ1v) is 8.85. The number of sulfone groups is 1. The number of amides is 1. The lowest BCUT2D eigenvalue weighted by Gasteiger charge is -2.15. The minimum atomic E-state index is -2.96. The van der Waals surface area contributed by atoms with Crippen molar-refractivity contribution in [2.24, 2.45) is 0 Å². The highest BCUT2D eigenvalue weighted by molar-refractivity contribution is 7.91. The number of methoxy groups -OCH3 is 1. The number of carbonyl (C=O) groups excluding carboxylic acids is 1. The van der Waals surface area contributed by atoms with Crippen LogP contribution in [0, 0.1) is 0 Å². The van der Waals surface area contributed by atoms with Gasteiger partial charge in [-0.3, -0.25) is 4.79 Å². The predicted octanol–water partition coefficient (Wildman–Crippen LogP) is 1.49. The lowest BCUT2D eigenvalue weighted by molar-refractivity contribution is -0.121. The molecule has 1 heterocycles. The molecule has 1 N–H and O–H groups in total. The van der Waals surface area contributed by atoms with E-state index in [2.05, 4.69) is 5.32 Å². The molecule has 2 atom stereocenters. The average molecular weight is 311 g/mol. The van der Waals surface area contributed by atoms with Crippen LogP contribution >= 0.6 is 0 Å². The van der Waals surface area contributed by atoms with E-state index in [1.165, 1.54) is 0 Å². The summed E-state index contributed by atoms with van der Waals surface area (Å²) in [7, 11) is -1.35. The number of nitrogens with one attached hydrogen (secondary N) is 1. The standard InChI is InChI=1S/C15H21NO4S/c1-11(12-4-3-5-14(9-12)20-2)8-15(17)16-13-6-7-21(18,19)10-13/h3-5,9,11,13H,6-8,10H2,1-2H3,(H,16,17). The molecule has 1 aliphatic heterocycles. The van der Waals surface area contributed by atoms with Crippen LogP contribution in [0.5, 0.6) is 5.75 Å². The van der Waals surface area contributed by atoms with Gasteiger partial charge < -0.3 is 10.1 Å². The molecule has 1 aliphatic rings. The third kappa shape index (κ3) is 4.46.